The molecule has 4 nitrogen and oxygen atoms in total. The maximum Gasteiger partial charge on any atom is 0.408 e. The van der Waals surface area contributed by atoms with Crippen LogP contribution in [0.2, 0.25) is 0 Å². The Kier molecular flexibility index (Phi) is 5.04. The van der Waals surface area contributed by atoms with Crippen molar-refractivity contribution < 1.29 is 14.7 Å². The molecule has 1 aliphatic rings. The van der Waals surface area contributed by atoms with Crippen molar-refractivity contribution in [3.8, 4) is 0 Å². The molecule has 1 atom stereocenters. The van der Waals surface area contributed by atoms with Crippen molar-refractivity contribution in [3.05, 3.63) is 35.4 Å². The topological polar surface area (TPSA) is 57.6 Å². The van der Waals surface area contributed by atoms with Gasteiger partial charge in [-0.05, 0) is 34.8 Å². The van der Waals surface area contributed by atoms with Gasteiger partial charge in [-0.15, -0.1) is 0 Å². The predicted molar refractivity (Wildman–Crippen MR) is 100 cm³/mol. The molecule has 1 heterocycles. The largest absolute Gasteiger partial charge is 0.465 e. The molecule has 0 aliphatic carbocycles. The highest BCUT2D eigenvalue weighted by molar-refractivity contribution is 5.94. The first-order valence-electron chi connectivity index (χ1n) is 9.03. The van der Waals surface area contributed by atoms with Gasteiger partial charge >= 0.3 is 6.09 Å². The van der Waals surface area contributed by atoms with E-state index in [9.17, 15) is 14.7 Å². The van der Waals surface area contributed by atoms with E-state index in [1.165, 1.54) is 10.5 Å². The van der Waals surface area contributed by atoms with E-state index in [1.807, 2.05) is 32.9 Å². The smallest absolute Gasteiger partial charge is 0.408 e. The van der Waals surface area contributed by atoms with E-state index in [-0.39, 0.29) is 17.6 Å². The van der Waals surface area contributed by atoms with E-state index in [1.54, 1.807) is 0 Å². The van der Waals surface area contributed by atoms with E-state index in [0.29, 0.717) is 13.0 Å². The zero-order valence-electron chi connectivity index (χ0n) is 16.3. The van der Waals surface area contributed by atoms with Crippen molar-refractivity contribution in [1.29, 1.82) is 0 Å². The van der Waals surface area contributed by atoms with Gasteiger partial charge in [-0.2, -0.15) is 0 Å². The molecule has 138 valence electrons. The maximum atomic E-state index is 13.3. The van der Waals surface area contributed by atoms with E-state index in [2.05, 4.69) is 32.9 Å². The monoisotopic (exact) mass is 345 g/mol. The van der Waals surface area contributed by atoms with Gasteiger partial charge in [0, 0.05) is 13.0 Å². The number of hydrogen-bond acceptors (Lipinski definition) is 2. The standard InChI is InChI=1S/C21H31NO3/c1-19(2,3)16-10-8-15(9-11-16)14-17(23)21(20(4,5)6)12-7-13-22(21)18(24)25/h8-11H,7,12-14H2,1-6H3,(H,24,25)/t21-/m1/s1. The predicted octanol–water partition coefficient (Wildman–Crippen LogP) is 4.65. The lowest BCUT2D eigenvalue weighted by Gasteiger charge is -2.45. The Morgan fingerprint density at radius 3 is 2.08 bits per heavy atom. The molecule has 1 aromatic carbocycles. The third-order valence-corrected chi connectivity index (χ3v) is 5.50. The Morgan fingerprint density at radius 2 is 1.64 bits per heavy atom. The fourth-order valence-corrected chi connectivity index (χ4v) is 4.02. The van der Waals surface area contributed by atoms with Gasteiger partial charge in [-0.1, -0.05) is 65.8 Å². The second-order valence-corrected chi connectivity index (χ2v) is 9.19. The highest BCUT2D eigenvalue weighted by Crippen LogP contribution is 2.45. The van der Waals surface area contributed by atoms with Crippen molar-refractivity contribution in [3.63, 3.8) is 0 Å². The number of hydrogen-bond donors (Lipinski definition) is 1. The van der Waals surface area contributed by atoms with Crippen LogP contribution in [0.3, 0.4) is 0 Å². The van der Waals surface area contributed by atoms with Gasteiger partial charge in [0.15, 0.2) is 5.78 Å². The Hall–Kier alpha value is -1.84. The lowest BCUT2D eigenvalue weighted by atomic mass is 9.68. The quantitative estimate of drug-likeness (QED) is 0.867. The lowest BCUT2D eigenvalue weighted by Crippen LogP contribution is -2.61. The molecule has 0 saturated carbocycles. The molecule has 25 heavy (non-hydrogen) atoms. The molecule has 1 saturated heterocycles. The molecule has 1 aliphatic heterocycles. The average molecular weight is 345 g/mol. The molecule has 1 aromatic rings. The highest BCUT2D eigenvalue weighted by atomic mass is 16.4. The van der Waals surface area contributed by atoms with Crippen molar-refractivity contribution in [2.45, 2.75) is 71.8 Å². The van der Waals surface area contributed by atoms with Crippen LogP contribution in [0.25, 0.3) is 0 Å². The summed E-state index contributed by atoms with van der Waals surface area (Å²) in [6, 6.07) is 8.12. The third kappa shape index (κ3) is 3.58. The number of ketones is 1. The Balaban J connectivity index is 2.31. The van der Waals surface area contributed by atoms with Gasteiger partial charge in [0.05, 0.1) is 0 Å². The zero-order chi connectivity index (χ0) is 19.0. The van der Waals surface area contributed by atoms with Gasteiger partial charge in [-0.25, -0.2) is 4.79 Å². The molecule has 4 heteroatoms. The van der Waals surface area contributed by atoms with Crippen LogP contribution in [0, 0.1) is 5.41 Å². The fourth-order valence-electron chi connectivity index (χ4n) is 4.02. The van der Waals surface area contributed by atoms with Crippen LogP contribution in [0.5, 0.6) is 0 Å². The normalized spacial score (nSPS) is 21.4. The number of carboxylic acid groups (broad SMARTS) is 1. The zero-order valence-corrected chi connectivity index (χ0v) is 16.3. The summed E-state index contributed by atoms with van der Waals surface area (Å²) in [5, 5.41) is 9.63. The first-order valence-corrected chi connectivity index (χ1v) is 9.03. The first kappa shape index (κ1) is 19.5. The van der Waals surface area contributed by atoms with Crippen LogP contribution in [-0.2, 0) is 16.6 Å². The molecule has 2 rings (SSSR count). The van der Waals surface area contributed by atoms with Crippen molar-refractivity contribution in [2.75, 3.05) is 6.54 Å². The molecule has 1 fully saturated rings. The van der Waals surface area contributed by atoms with Crippen LogP contribution in [-0.4, -0.2) is 34.0 Å². The van der Waals surface area contributed by atoms with Crippen LogP contribution < -0.4 is 0 Å². The van der Waals surface area contributed by atoms with Gasteiger partial charge in [0.2, 0.25) is 0 Å². The van der Waals surface area contributed by atoms with Gasteiger partial charge in [0.1, 0.15) is 5.54 Å². The third-order valence-electron chi connectivity index (χ3n) is 5.50. The van der Waals surface area contributed by atoms with E-state index < -0.39 is 17.0 Å². The van der Waals surface area contributed by atoms with Crippen LogP contribution >= 0.6 is 0 Å². The van der Waals surface area contributed by atoms with Gasteiger partial charge < -0.3 is 5.11 Å². The maximum absolute atomic E-state index is 13.3. The Bertz CT molecular complexity index is 649. The van der Waals surface area contributed by atoms with E-state index in [0.717, 1.165) is 12.0 Å². The minimum Gasteiger partial charge on any atom is -0.465 e. The number of benzene rings is 1. The minimum atomic E-state index is -0.996. The van der Waals surface area contributed by atoms with Crippen LogP contribution in [0.15, 0.2) is 24.3 Å². The summed E-state index contributed by atoms with van der Waals surface area (Å²) in [7, 11) is 0. The number of likely N-dealkylation sites (tertiary alicyclic amines) is 1. The number of amides is 1. The van der Waals surface area contributed by atoms with Crippen molar-refractivity contribution in [2.24, 2.45) is 5.41 Å². The molecule has 1 N–H and O–H groups in total. The summed E-state index contributed by atoms with van der Waals surface area (Å²) in [5.74, 6) is 0.00316. The molecule has 1 amide bonds. The van der Waals surface area contributed by atoms with Crippen molar-refractivity contribution in [1.82, 2.24) is 4.90 Å². The van der Waals surface area contributed by atoms with Crippen molar-refractivity contribution >= 4 is 11.9 Å². The number of carbonyl (C=O) groups is 2. The summed E-state index contributed by atoms with van der Waals surface area (Å²) in [4.78, 5) is 26.4. The number of rotatable bonds is 3. The summed E-state index contributed by atoms with van der Waals surface area (Å²) >= 11 is 0. The van der Waals surface area contributed by atoms with Gasteiger partial charge in [-0.3, -0.25) is 9.69 Å². The number of carbonyl (C=O) groups excluding carboxylic acids is 1. The van der Waals surface area contributed by atoms with Gasteiger partial charge in [0.25, 0.3) is 0 Å². The number of Topliss-reactive ketones (excluding diaryl/α,β-unsaturated/α-hetero) is 1. The molecule has 0 radical (unpaired) electrons. The molecular formula is C21H31NO3. The summed E-state index contributed by atoms with van der Waals surface area (Å²) < 4.78 is 0. The molecule has 0 unspecified atom stereocenters. The number of nitrogens with zero attached hydrogens (tertiary/aromatic N) is 1. The SMILES string of the molecule is CC(C)(C)c1ccc(CC(=O)[C@@]2(C(C)(C)C)CCCN2C(=O)O)cc1. The highest BCUT2D eigenvalue weighted by Gasteiger charge is 2.56. The Labute approximate surface area is 151 Å². The Morgan fingerprint density at radius 1 is 1.08 bits per heavy atom. The summed E-state index contributed by atoms with van der Waals surface area (Å²) in [5.41, 5.74) is 0.855. The molecular weight excluding hydrogens is 314 g/mol. The molecule has 0 bridgehead atoms. The first-order chi connectivity index (χ1) is 11.4. The molecule has 0 aromatic heterocycles. The van der Waals surface area contributed by atoms with Crippen LogP contribution in [0.1, 0.15) is 65.5 Å². The summed E-state index contributed by atoms with van der Waals surface area (Å²) in [6.07, 6.45) is 0.606. The fraction of sp³-hybridized carbons (Fsp3) is 0.619. The van der Waals surface area contributed by atoms with E-state index >= 15 is 0 Å². The summed E-state index contributed by atoms with van der Waals surface area (Å²) in [6.45, 7) is 12.8. The second-order valence-electron chi connectivity index (χ2n) is 9.19. The average Bonchev–Trinajstić information content (AvgIpc) is 2.92. The minimum absolute atomic E-state index is 0.00316. The van der Waals surface area contributed by atoms with Crippen LogP contribution in [0.4, 0.5) is 4.79 Å². The van der Waals surface area contributed by atoms with E-state index in [4.69, 9.17) is 0 Å². The second kappa shape index (κ2) is 6.47. The lowest BCUT2D eigenvalue weighted by molar-refractivity contribution is -0.134. The molecule has 0 spiro atoms.